The van der Waals surface area contributed by atoms with Crippen LogP contribution < -0.4 is 4.90 Å². The van der Waals surface area contributed by atoms with Gasteiger partial charge in [-0.1, -0.05) is 30.3 Å². The van der Waals surface area contributed by atoms with Crippen LogP contribution in [0.4, 0.5) is 14.5 Å². The zero-order valence-corrected chi connectivity index (χ0v) is 19.1. The van der Waals surface area contributed by atoms with Gasteiger partial charge in [-0.15, -0.1) is 0 Å². The molecule has 2 aromatic carbocycles. The molecule has 0 radical (unpaired) electrons. The first-order valence-electron chi connectivity index (χ1n) is 10.0. The van der Waals surface area contributed by atoms with E-state index in [4.69, 9.17) is 4.74 Å². The van der Waals surface area contributed by atoms with E-state index in [2.05, 4.69) is 0 Å². The molecule has 1 aliphatic rings. The van der Waals surface area contributed by atoms with Gasteiger partial charge in [0.2, 0.25) is 5.91 Å². The van der Waals surface area contributed by atoms with Crippen LogP contribution in [0.3, 0.4) is 0 Å². The minimum Gasteiger partial charge on any atom is -0.460 e. The lowest BCUT2D eigenvalue weighted by Crippen LogP contribution is -2.50. The average Bonchev–Trinajstić information content (AvgIpc) is 2.64. The van der Waals surface area contributed by atoms with E-state index in [0.717, 1.165) is 11.0 Å². The Morgan fingerprint density at radius 3 is 2.34 bits per heavy atom. The summed E-state index contributed by atoms with van der Waals surface area (Å²) in [5.74, 6) is -5.36. The van der Waals surface area contributed by atoms with Crippen LogP contribution in [0.25, 0.3) is 0 Å². The zero-order valence-electron chi connectivity index (χ0n) is 18.3. The van der Waals surface area contributed by atoms with Gasteiger partial charge in [-0.25, -0.2) is 17.2 Å². The Kier molecular flexibility index (Phi) is 6.42. The number of anilines is 1. The molecule has 0 saturated heterocycles. The highest BCUT2D eigenvalue weighted by molar-refractivity contribution is 7.92. The van der Waals surface area contributed by atoms with Crippen molar-refractivity contribution in [3.8, 4) is 0 Å². The summed E-state index contributed by atoms with van der Waals surface area (Å²) in [5.41, 5.74) is -0.704. The number of carbonyl (C=O) groups is 2. The van der Waals surface area contributed by atoms with Crippen LogP contribution in [0.5, 0.6) is 0 Å². The van der Waals surface area contributed by atoms with Crippen molar-refractivity contribution in [3.05, 3.63) is 65.2 Å². The van der Waals surface area contributed by atoms with Crippen LogP contribution in [0.1, 0.15) is 44.2 Å². The van der Waals surface area contributed by atoms with Gasteiger partial charge in [0, 0.05) is 19.0 Å². The molecule has 6 nitrogen and oxygen atoms in total. The van der Waals surface area contributed by atoms with E-state index in [1.54, 1.807) is 51.1 Å². The summed E-state index contributed by atoms with van der Waals surface area (Å²) in [6, 6.07) is 9.85. The molecule has 3 rings (SSSR count). The number of fused-ring (bicyclic) bond motifs is 1. The predicted molar refractivity (Wildman–Crippen MR) is 116 cm³/mol. The van der Waals surface area contributed by atoms with E-state index >= 15 is 0 Å². The summed E-state index contributed by atoms with van der Waals surface area (Å²) in [4.78, 5) is 26.6. The molecule has 9 heteroatoms. The van der Waals surface area contributed by atoms with Crippen LogP contribution in [0, 0.1) is 11.6 Å². The summed E-state index contributed by atoms with van der Waals surface area (Å²) >= 11 is 0. The molecular weight excluding hydrogens is 440 g/mol. The van der Waals surface area contributed by atoms with Gasteiger partial charge in [-0.05, 0) is 38.0 Å². The summed E-state index contributed by atoms with van der Waals surface area (Å²) in [6.07, 6.45) is -0.522. The Morgan fingerprint density at radius 2 is 1.75 bits per heavy atom. The highest BCUT2D eigenvalue weighted by Gasteiger charge is 2.48. The highest BCUT2D eigenvalue weighted by atomic mass is 32.2. The Balaban J connectivity index is 2.12. The molecule has 2 aromatic rings. The number of esters is 1. The Morgan fingerprint density at radius 1 is 1.12 bits per heavy atom. The summed E-state index contributed by atoms with van der Waals surface area (Å²) < 4.78 is 60.8. The van der Waals surface area contributed by atoms with Gasteiger partial charge in [0.1, 0.15) is 22.5 Å². The highest BCUT2D eigenvalue weighted by Crippen LogP contribution is 2.43. The lowest BCUT2D eigenvalue weighted by atomic mass is 9.86. The van der Waals surface area contributed by atoms with E-state index in [1.807, 2.05) is 0 Å². The van der Waals surface area contributed by atoms with Gasteiger partial charge in [0.15, 0.2) is 9.84 Å². The molecule has 1 amide bonds. The Hall–Kier alpha value is -2.81. The summed E-state index contributed by atoms with van der Waals surface area (Å²) in [5, 5.41) is -1.70. The Labute approximate surface area is 186 Å². The molecule has 0 saturated carbocycles. The molecule has 172 valence electrons. The maximum atomic E-state index is 14.6. The standard InChI is InChI=1S/C23H25F2NO5S/c1-23(2,3)31-19(27)12-17-16-10-15(24)11-18(25)20(16)26(4)22(28)21(17)32(29,30)13-14-8-6-5-7-9-14/h5-11,17,21H,12-13H2,1-4H3/t17-,21+/m1/s1. The number of hydrogen-bond donors (Lipinski definition) is 0. The van der Waals surface area contributed by atoms with E-state index in [-0.39, 0.29) is 11.3 Å². The molecule has 0 aliphatic carbocycles. The monoisotopic (exact) mass is 465 g/mol. The first-order valence-corrected chi connectivity index (χ1v) is 11.8. The molecule has 32 heavy (non-hydrogen) atoms. The number of nitrogens with zero attached hydrogens (tertiary/aromatic N) is 1. The van der Waals surface area contributed by atoms with Crippen LogP contribution >= 0.6 is 0 Å². The molecule has 2 atom stereocenters. The second-order valence-electron chi connectivity index (χ2n) is 8.83. The third-order valence-electron chi connectivity index (χ3n) is 5.14. The first-order chi connectivity index (χ1) is 14.8. The van der Waals surface area contributed by atoms with Crippen molar-refractivity contribution in [1.82, 2.24) is 0 Å². The maximum absolute atomic E-state index is 14.6. The third kappa shape index (κ3) is 4.98. The van der Waals surface area contributed by atoms with Crippen LogP contribution in [-0.2, 0) is 29.9 Å². The third-order valence-corrected chi connectivity index (χ3v) is 7.18. The zero-order chi connectivity index (χ0) is 23.8. The van der Waals surface area contributed by atoms with E-state index in [9.17, 15) is 26.8 Å². The van der Waals surface area contributed by atoms with Crippen LogP contribution in [-0.4, -0.2) is 38.2 Å². The number of carbonyl (C=O) groups excluding carboxylic acids is 2. The second-order valence-corrected chi connectivity index (χ2v) is 11.0. The fraction of sp³-hybridized carbons (Fsp3) is 0.391. The molecule has 0 spiro atoms. The molecular formula is C23H25F2NO5S. The number of amides is 1. The van der Waals surface area contributed by atoms with Gasteiger partial charge in [-0.2, -0.15) is 0 Å². The van der Waals surface area contributed by atoms with Gasteiger partial charge in [0.25, 0.3) is 0 Å². The van der Waals surface area contributed by atoms with E-state index < -0.39 is 62.3 Å². The number of sulfone groups is 1. The van der Waals surface area contributed by atoms with Crippen molar-refractivity contribution in [2.75, 3.05) is 11.9 Å². The average molecular weight is 466 g/mol. The number of rotatable bonds is 5. The van der Waals surface area contributed by atoms with Crippen LogP contribution in [0.2, 0.25) is 0 Å². The van der Waals surface area contributed by atoms with Crippen molar-refractivity contribution in [3.63, 3.8) is 0 Å². The first kappa shape index (κ1) is 23.8. The SMILES string of the molecule is CN1C(=O)[C@@H](S(=O)(=O)Cc2ccccc2)[C@H](CC(=O)OC(C)(C)C)c2cc(F)cc(F)c21. The number of ether oxygens (including phenoxy) is 1. The normalized spacial score (nSPS) is 18.9. The fourth-order valence-electron chi connectivity index (χ4n) is 3.94. The molecule has 0 aromatic heterocycles. The van der Waals surface area contributed by atoms with Gasteiger partial charge in [-0.3, -0.25) is 9.59 Å². The van der Waals surface area contributed by atoms with Crippen LogP contribution in [0.15, 0.2) is 42.5 Å². The molecule has 0 bridgehead atoms. The molecule has 1 heterocycles. The second kappa shape index (κ2) is 8.61. The molecule has 1 aliphatic heterocycles. The van der Waals surface area contributed by atoms with Crippen molar-refractivity contribution in [1.29, 1.82) is 0 Å². The van der Waals surface area contributed by atoms with Crippen molar-refractivity contribution >= 4 is 27.4 Å². The quantitative estimate of drug-likeness (QED) is 0.629. The van der Waals surface area contributed by atoms with Gasteiger partial charge < -0.3 is 9.64 Å². The number of halogens is 2. The lowest BCUT2D eigenvalue weighted by Gasteiger charge is -2.37. The Bertz CT molecular complexity index is 1140. The van der Waals surface area contributed by atoms with Gasteiger partial charge in [0.05, 0.1) is 17.9 Å². The molecule has 0 unspecified atom stereocenters. The van der Waals surface area contributed by atoms with E-state index in [0.29, 0.717) is 11.6 Å². The molecule has 0 fully saturated rings. The largest absolute Gasteiger partial charge is 0.460 e. The minimum absolute atomic E-state index is 0.0582. The smallest absolute Gasteiger partial charge is 0.306 e. The van der Waals surface area contributed by atoms with Crippen molar-refractivity contribution < 1.29 is 31.5 Å². The number of hydrogen-bond acceptors (Lipinski definition) is 5. The lowest BCUT2D eigenvalue weighted by molar-refractivity contribution is -0.155. The summed E-state index contributed by atoms with van der Waals surface area (Å²) in [6.45, 7) is 4.92. The topological polar surface area (TPSA) is 80.8 Å². The maximum Gasteiger partial charge on any atom is 0.306 e. The van der Waals surface area contributed by atoms with Crippen molar-refractivity contribution in [2.45, 2.75) is 49.7 Å². The summed E-state index contributed by atoms with van der Waals surface area (Å²) in [7, 11) is -2.94. The van der Waals surface area contributed by atoms with E-state index in [1.165, 1.54) is 7.05 Å². The van der Waals surface area contributed by atoms with Crippen molar-refractivity contribution in [2.24, 2.45) is 0 Å². The van der Waals surface area contributed by atoms with Gasteiger partial charge >= 0.3 is 5.97 Å². The minimum atomic E-state index is -4.17. The number of benzene rings is 2. The fourth-order valence-corrected chi connectivity index (χ4v) is 5.98. The predicted octanol–water partition coefficient (Wildman–Crippen LogP) is 3.74. The molecule has 0 N–H and O–H groups in total.